The van der Waals surface area contributed by atoms with E-state index in [1.165, 1.54) is 0 Å². The SMILES string of the molecule is CCCCNC(=O)[C@H]1CN(C(=O)c2ccc(C)cc2)C[C@@H]1c1cc(OC)c(OC)c(OC)c1. The molecule has 1 aliphatic rings. The standard InChI is InChI=1S/C26H34N2O5/c1-6-7-12-27-25(29)21-16-28(26(30)18-10-8-17(2)9-11-18)15-20(21)19-13-22(31-3)24(33-5)23(14-19)32-4/h8-11,13-14,20-21H,6-7,12,15-16H2,1-5H3,(H,27,29)/t20-,21+/m1/s1. The molecule has 0 bridgehead atoms. The molecule has 3 rings (SSSR count). The van der Waals surface area contributed by atoms with Gasteiger partial charge in [0.05, 0.1) is 27.2 Å². The maximum Gasteiger partial charge on any atom is 0.253 e. The number of hydrogen-bond donors (Lipinski definition) is 1. The number of aryl methyl sites for hydroxylation is 1. The van der Waals surface area contributed by atoms with E-state index in [1.54, 1.807) is 26.2 Å². The molecule has 0 aromatic heterocycles. The van der Waals surface area contributed by atoms with Gasteiger partial charge in [-0.1, -0.05) is 31.0 Å². The molecule has 0 spiro atoms. The van der Waals surface area contributed by atoms with Gasteiger partial charge in [-0.25, -0.2) is 0 Å². The van der Waals surface area contributed by atoms with Crippen LogP contribution in [0, 0.1) is 12.8 Å². The summed E-state index contributed by atoms with van der Waals surface area (Å²) in [6.45, 7) is 5.48. The Kier molecular flexibility index (Phi) is 8.20. The minimum atomic E-state index is -0.376. The van der Waals surface area contributed by atoms with Gasteiger partial charge >= 0.3 is 0 Å². The van der Waals surface area contributed by atoms with Crippen LogP contribution < -0.4 is 19.5 Å². The summed E-state index contributed by atoms with van der Waals surface area (Å²) in [5.41, 5.74) is 2.59. The highest BCUT2D eigenvalue weighted by Gasteiger charge is 2.41. The van der Waals surface area contributed by atoms with Crippen LogP contribution in [0.1, 0.15) is 47.2 Å². The van der Waals surface area contributed by atoms with Crippen molar-refractivity contribution in [3.05, 3.63) is 53.1 Å². The number of carbonyl (C=O) groups is 2. The summed E-state index contributed by atoms with van der Waals surface area (Å²) in [5, 5.41) is 3.05. The summed E-state index contributed by atoms with van der Waals surface area (Å²) in [4.78, 5) is 28.2. The quantitative estimate of drug-likeness (QED) is 0.584. The smallest absolute Gasteiger partial charge is 0.253 e. The van der Waals surface area contributed by atoms with Crippen LogP contribution in [-0.4, -0.2) is 57.7 Å². The lowest BCUT2D eigenvalue weighted by atomic mass is 9.88. The third kappa shape index (κ3) is 5.41. The lowest BCUT2D eigenvalue weighted by Gasteiger charge is -2.21. The first kappa shape index (κ1) is 24.4. The molecule has 0 unspecified atom stereocenters. The van der Waals surface area contributed by atoms with Gasteiger partial charge in [0.1, 0.15) is 0 Å². The Bertz CT molecular complexity index is 948. The number of methoxy groups -OCH3 is 3. The number of carbonyl (C=O) groups excluding carboxylic acids is 2. The van der Waals surface area contributed by atoms with Crippen LogP contribution in [-0.2, 0) is 4.79 Å². The molecular formula is C26H34N2O5. The van der Waals surface area contributed by atoms with Crippen molar-refractivity contribution in [1.82, 2.24) is 10.2 Å². The molecule has 1 heterocycles. The monoisotopic (exact) mass is 454 g/mol. The Hall–Kier alpha value is -3.22. The van der Waals surface area contributed by atoms with Crippen LogP contribution in [0.25, 0.3) is 0 Å². The van der Waals surface area contributed by atoms with Gasteiger partial charge in [0.15, 0.2) is 11.5 Å². The van der Waals surface area contributed by atoms with Crippen LogP contribution in [0.15, 0.2) is 36.4 Å². The van der Waals surface area contributed by atoms with E-state index in [4.69, 9.17) is 14.2 Å². The molecule has 178 valence electrons. The predicted octanol–water partition coefficient (Wildman–Crippen LogP) is 3.79. The van der Waals surface area contributed by atoms with Gasteiger partial charge in [-0.15, -0.1) is 0 Å². The third-order valence-electron chi connectivity index (χ3n) is 6.19. The number of likely N-dealkylation sites (tertiary alicyclic amines) is 1. The molecule has 2 amide bonds. The molecule has 0 aliphatic carbocycles. The number of benzene rings is 2. The highest BCUT2D eigenvalue weighted by molar-refractivity contribution is 5.95. The van der Waals surface area contributed by atoms with Crippen molar-refractivity contribution in [2.75, 3.05) is 41.0 Å². The zero-order valence-electron chi connectivity index (χ0n) is 20.1. The molecule has 1 saturated heterocycles. The zero-order valence-corrected chi connectivity index (χ0v) is 20.1. The fourth-order valence-corrected chi connectivity index (χ4v) is 4.29. The molecule has 2 atom stereocenters. The maximum absolute atomic E-state index is 13.2. The number of hydrogen-bond acceptors (Lipinski definition) is 5. The first-order valence-corrected chi connectivity index (χ1v) is 11.4. The van der Waals surface area contributed by atoms with E-state index in [2.05, 4.69) is 12.2 Å². The number of nitrogens with zero attached hydrogens (tertiary/aromatic N) is 1. The molecule has 1 fully saturated rings. The fraction of sp³-hybridized carbons (Fsp3) is 0.462. The van der Waals surface area contributed by atoms with Crippen molar-refractivity contribution in [3.8, 4) is 17.2 Å². The Morgan fingerprint density at radius 3 is 2.18 bits per heavy atom. The van der Waals surface area contributed by atoms with Gasteiger partial charge < -0.3 is 24.4 Å². The summed E-state index contributed by atoms with van der Waals surface area (Å²) in [6.07, 6.45) is 1.92. The second-order valence-corrected chi connectivity index (χ2v) is 8.39. The van der Waals surface area contributed by atoms with Crippen LogP contribution in [0.4, 0.5) is 0 Å². The van der Waals surface area contributed by atoms with Crippen molar-refractivity contribution in [2.24, 2.45) is 5.92 Å². The van der Waals surface area contributed by atoms with Gasteiger partial charge in [0.25, 0.3) is 5.91 Å². The first-order valence-electron chi connectivity index (χ1n) is 11.4. The van der Waals surface area contributed by atoms with Crippen molar-refractivity contribution < 1.29 is 23.8 Å². The highest BCUT2D eigenvalue weighted by Crippen LogP contribution is 2.43. The number of unbranched alkanes of at least 4 members (excludes halogenated alkanes) is 1. The van der Waals surface area contributed by atoms with Crippen LogP contribution in [0.5, 0.6) is 17.2 Å². The Labute approximate surface area is 196 Å². The van der Waals surface area contributed by atoms with Gasteiger partial charge in [-0.3, -0.25) is 9.59 Å². The molecule has 1 aliphatic heterocycles. The van der Waals surface area contributed by atoms with Crippen molar-refractivity contribution in [1.29, 1.82) is 0 Å². The van der Waals surface area contributed by atoms with E-state index < -0.39 is 0 Å². The van der Waals surface area contributed by atoms with Gasteiger partial charge in [0, 0.05) is 31.1 Å². The van der Waals surface area contributed by atoms with E-state index in [9.17, 15) is 9.59 Å². The fourth-order valence-electron chi connectivity index (χ4n) is 4.29. The summed E-state index contributed by atoms with van der Waals surface area (Å²) >= 11 is 0. The third-order valence-corrected chi connectivity index (χ3v) is 6.19. The Morgan fingerprint density at radius 2 is 1.64 bits per heavy atom. The lowest BCUT2D eigenvalue weighted by molar-refractivity contribution is -0.124. The first-order chi connectivity index (χ1) is 15.9. The molecule has 0 radical (unpaired) electrons. The van der Waals surface area contributed by atoms with Crippen molar-refractivity contribution in [3.63, 3.8) is 0 Å². The molecule has 1 N–H and O–H groups in total. The lowest BCUT2D eigenvalue weighted by Crippen LogP contribution is -2.36. The highest BCUT2D eigenvalue weighted by atomic mass is 16.5. The van der Waals surface area contributed by atoms with Crippen molar-refractivity contribution >= 4 is 11.8 Å². The number of rotatable bonds is 9. The number of ether oxygens (including phenoxy) is 3. The summed E-state index contributed by atoms with van der Waals surface area (Å²) in [5.74, 6) is 0.866. The largest absolute Gasteiger partial charge is 0.493 e. The van der Waals surface area contributed by atoms with E-state index >= 15 is 0 Å². The van der Waals surface area contributed by atoms with E-state index in [0.29, 0.717) is 42.4 Å². The minimum absolute atomic E-state index is 0.0404. The summed E-state index contributed by atoms with van der Waals surface area (Å²) < 4.78 is 16.5. The molecular weight excluding hydrogens is 420 g/mol. The Morgan fingerprint density at radius 1 is 1.00 bits per heavy atom. The molecule has 0 saturated carbocycles. The number of nitrogens with one attached hydrogen (secondary N) is 1. The molecule has 2 aromatic rings. The van der Waals surface area contributed by atoms with E-state index in [1.807, 2.05) is 43.3 Å². The van der Waals surface area contributed by atoms with Crippen LogP contribution >= 0.6 is 0 Å². The summed E-state index contributed by atoms with van der Waals surface area (Å²) in [7, 11) is 4.69. The van der Waals surface area contributed by atoms with Gasteiger partial charge in [-0.2, -0.15) is 0 Å². The predicted molar refractivity (Wildman–Crippen MR) is 127 cm³/mol. The molecule has 7 nitrogen and oxygen atoms in total. The average Bonchev–Trinajstić information content (AvgIpc) is 3.28. The average molecular weight is 455 g/mol. The maximum atomic E-state index is 13.2. The zero-order chi connectivity index (χ0) is 24.0. The van der Waals surface area contributed by atoms with Crippen LogP contribution in [0.2, 0.25) is 0 Å². The minimum Gasteiger partial charge on any atom is -0.493 e. The Balaban J connectivity index is 1.94. The second-order valence-electron chi connectivity index (χ2n) is 8.39. The van der Waals surface area contributed by atoms with E-state index in [0.717, 1.165) is 24.0 Å². The van der Waals surface area contributed by atoms with Gasteiger partial charge in [0.2, 0.25) is 11.7 Å². The van der Waals surface area contributed by atoms with Gasteiger partial charge in [-0.05, 0) is 43.2 Å². The second kappa shape index (κ2) is 11.1. The molecule has 2 aromatic carbocycles. The van der Waals surface area contributed by atoms with Crippen LogP contribution in [0.3, 0.4) is 0 Å². The van der Waals surface area contributed by atoms with E-state index in [-0.39, 0.29) is 23.7 Å². The number of amides is 2. The summed E-state index contributed by atoms with van der Waals surface area (Å²) in [6, 6.07) is 11.3. The molecule has 7 heteroatoms. The van der Waals surface area contributed by atoms with Crippen molar-refractivity contribution in [2.45, 2.75) is 32.6 Å². The topological polar surface area (TPSA) is 77.1 Å². The molecule has 33 heavy (non-hydrogen) atoms. The normalized spacial score (nSPS) is 17.5.